The minimum absolute atomic E-state index is 0.0318. The molecule has 1 aliphatic heterocycles. The average Bonchev–Trinajstić information content (AvgIpc) is 2.90. The van der Waals surface area contributed by atoms with Gasteiger partial charge in [0.1, 0.15) is 0 Å². The highest BCUT2D eigenvalue weighted by molar-refractivity contribution is 5.91. The number of allylic oxidation sites excluding steroid dienone is 2. The normalized spacial score (nSPS) is 43.1. The lowest BCUT2D eigenvalue weighted by Crippen LogP contribution is -2.65. The highest BCUT2D eigenvalue weighted by Gasteiger charge is 2.71. The maximum absolute atomic E-state index is 12.3. The minimum Gasteiger partial charge on any atom is -0.478 e. The first-order valence-corrected chi connectivity index (χ1v) is 7.32. The maximum atomic E-state index is 12.3. The molecule has 1 fully saturated rings. The summed E-state index contributed by atoms with van der Waals surface area (Å²) in [5.74, 6) is -2.54. The van der Waals surface area contributed by atoms with Crippen molar-refractivity contribution in [1.29, 1.82) is 0 Å². The molecular formula is C16H20O6. The Morgan fingerprint density at radius 2 is 2.23 bits per heavy atom. The second kappa shape index (κ2) is 4.67. The number of methoxy groups -OCH3 is 1. The van der Waals surface area contributed by atoms with Crippen LogP contribution in [0.3, 0.4) is 0 Å². The predicted octanol–water partition coefficient (Wildman–Crippen LogP) is 0.760. The standard InChI is InChI=1S/C16H20O6/c1-8-5-15-11(9(8)2)4-10(13(17)18)12(15)6-22-14(19)16(15,20)7-21-3/h4-5,9,11-12,20H,6-7H2,1-3H3,(H,17,18). The number of aliphatic hydroxyl groups is 1. The van der Waals surface area contributed by atoms with E-state index in [0.717, 1.165) is 5.57 Å². The molecule has 6 heteroatoms. The highest BCUT2D eigenvalue weighted by atomic mass is 16.6. The van der Waals surface area contributed by atoms with Gasteiger partial charge in [-0.05, 0) is 18.8 Å². The van der Waals surface area contributed by atoms with Crippen molar-refractivity contribution in [2.45, 2.75) is 19.4 Å². The second-order valence-corrected chi connectivity index (χ2v) is 6.51. The molecule has 0 aromatic rings. The van der Waals surface area contributed by atoms with Crippen molar-refractivity contribution < 1.29 is 29.3 Å². The van der Waals surface area contributed by atoms with Crippen molar-refractivity contribution in [3.05, 3.63) is 23.3 Å². The van der Waals surface area contributed by atoms with E-state index in [4.69, 9.17) is 9.47 Å². The number of carbonyl (C=O) groups excluding carboxylic acids is 1. The van der Waals surface area contributed by atoms with Gasteiger partial charge in [-0.25, -0.2) is 9.59 Å². The van der Waals surface area contributed by atoms with Gasteiger partial charge < -0.3 is 19.7 Å². The number of hydrogen-bond donors (Lipinski definition) is 2. The molecule has 120 valence electrons. The van der Waals surface area contributed by atoms with Crippen molar-refractivity contribution in [3.8, 4) is 0 Å². The van der Waals surface area contributed by atoms with Gasteiger partial charge in [-0.15, -0.1) is 0 Å². The van der Waals surface area contributed by atoms with Gasteiger partial charge >= 0.3 is 11.9 Å². The zero-order valence-electron chi connectivity index (χ0n) is 12.8. The van der Waals surface area contributed by atoms with E-state index in [0.29, 0.717) is 0 Å². The van der Waals surface area contributed by atoms with Gasteiger partial charge in [0.2, 0.25) is 0 Å². The molecule has 0 aromatic carbocycles. The lowest BCUT2D eigenvalue weighted by Gasteiger charge is -2.50. The Hall–Kier alpha value is -1.66. The van der Waals surface area contributed by atoms with Crippen LogP contribution >= 0.6 is 0 Å². The van der Waals surface area contributed by atoms with Gasteiger partial charge in [0.25, 0.3) is 0 Å². The van der Waals surface area contributed by atoms with Crippen LogP contribution in [0.25, 0.3) is 0 Å². The molecule has 1 spiro atoms. The second-order valence-electron chi connectivity index (χ2n) is 6.51. The first kappa shape index (κ1) is 15.2. The first-order chi connectivity index (χ1) is 10.3. The fourth-order valence-corrected chi connectivity index (χ4v) is 4.46. The molecule has 2 aliphatic carbocycles. The van der Waals surface area contributed by atoms with Gasteiger partial charge in [0.05, 0.1) is 13.2 Å². The molecule has 1 heterocycles. The average molecular weight is 308 g/mol. The lowest BCUT2D eigenvalue weighted by atomic mass is 9.59. The van der Waals surface area contributed by atoms with Crippen LogP contribution in [0, 0.1) is 23.2 Å². The molecule has 0 radical (unpaired) electrons. The summed E-state index contributed by atoms with van der Waals surface area (Å²) < 4.78 is 10.2. The van der Waals surface area contributed by atoms with Crippen LogP contribution < -0.4 is 0 Å². The van der Waals surface area contributed by atoms with Crippen LogP contribution in [-0.2, 0) is 19.1 Å². The largest absolute Gasteiger partial charge is 0.478 e. The van der Waals surface area contributed by atoms with E-state index in [1.54, 1.807) is 6.08 Å². The monoisotopic (exact) mass is 308 g/mol. The van der Waals surface area contributed by atoms with Crippen LogP contribution in [0.2, 0.25) is 0 Å². The number of aliphatic carboxylic acids is 1. The number of rotatable bonds is 3. The molecule has 5 atom stereocenters. The molecule has 0 amide bonds. The SMILES string of the molecule is COCC1(O)C(=O)OCC2C(C(=O)O)=CC3C(C)C(C)=CC231. The molecular weight excluding hydrogens is 288 g/mol. The van der Waals surface area contributed by atoms with Crippen LogP contribution in [0.15, 0.2) is 23.3 Å². The Balaban J connectivity index is 2.21. The van der Waals surface area contributed by atoms with Crippen LogP contribution in [0.1, 0.15) is 13.8 Å². The van der Waals surface area contributed by atoms with Gasteiger partial charge in [-0.1, -0.05) is 24.6 Å². The number of esters is 1. The first-order valence-electron chi connectivity index (χ1n) is 7.32. The highest BCUT2D eigenvalue weighted by Crippen LogP contribution is 2.64. The number of cyclic esters (lactones) is 1. The van der Waals surface area contributed by atoms with Gasteiger partial charge in [0, 0.05) is 24.0 Å². The topological polar surface area (TPSA) is 93.1 Å². The molecule has 22 heavy (non-hydrogen) atoms. The van der Waals surface area contributed by atoms with Crippen molar-refractivity contribution >= 4 is 11.9 Å². The Morgan fingerprint density at radius 1 is 1.55 bits per heavy atom. The number of ether oxygens (including phenoxy) is 2. The zero-order chi connectivity index (χ0) is 16.3. The van der Waals surface area contributed by atoms with E-state index in [1.165, 1.54) is 7.11 Å². The van der Waals surface area contributed by atoms with Crippen molar-refractivity contribution in [2.24, 2.45) is 23.2 Å². The summed E-state index contributed by atoms with van der Waals surface area (Å²) in [5, 5.41) is 20.6. The molecule has 0 aromatic heterocycles. The van der Waals surface area contributed by atoms with E-state index in [1.807, 2.05) is 19.9 Å². The summed E-state index contributed by atoms with van der Waals surface area (Å²) in [6.07, 6.45) is 3.56. The smallest absolute Gasteiger partial charge is 0.341 e. The third kappa shape index (κ3) is 1.57. The molecule has 0 saturated carbocycles. The van der Waals surface area contributed by atoms with Gasteiger partial charge in [0.15, 0.2) is 5.60 Å². The van der Waals surface area contributed by atoms with E-state index in [-0.39, 0.29) is 30.6 Å². The number of carboxylic acid groups (broad SMARTS) is 1. The molecule has 6 nitrogen and oxygen atoms in total. The number of carboxylic acids is 1. The molecule has 1 saturated heterocycles. The minimum atomic E-state index is -1.88. The number of carbonyl (C=O) groups is 2. The summed E-state index contributed by atoms with van der Waals surface area (Å²) in [6, 6.07) is 0. The van der Waals surface area contributed by atoms with Gasteiger partial charge in [-0.3, -0.25) is 0 Å². The van der Waals surface area contributed by atoms with E-state index < -0.39 is 28.9 Å². The molecule has 3 aliphatic rings. The fourth-order valence-electron chi connectivity index (χ4n) is 4.46. The Bertz CT molecular complexity index is 606. The maximum Gasteiger partial charge on any atom is 0.341 e. The Kier molecular flexibility index (Phi) is 3.23. The molecule has 3 rings (SSSR count). The summed E-state index contributed by atoms with van der Waals surface area (Å²) >= 11 is 0. The third-order valence-electron chi connectivity index (χ3n) is 5.62. The molecule has 2 N–H and O–H groups in total. The zero-order valence-corrected chi connectivity index (χ0v) is 12.8. The van der Waals surface area contributed by atoms with Crippen LogP contribution in [0.5, 0.6) is 0 Å². The van der Waals surface area contributed by atoms with Gasteiger partial charge in [-0.2, -0.15) is 0 Å². The summed E-state index contributed by atoms with van der Waals surface area (Å²) in [7, 11) is 1.40. The van der Waals surface area contributed by atoms with Crippen LogP contribution in [-0.4, -0.2) is 48.1 Å². The predicted molar refractivity (Wildman–Crippen MR) is 75.8 cm³/mol. The van der Waals surface area contributed by atoms with E-state index in [2.05, 4.69) is 0 Å². The molecule has 0 bridgehead atoms. The Morgan fingerprint density at radius 3 is 2.82 bits per heavy atom. The van der Waals surface area contributed by atoms with Crippen molar-refractivity contribution in [1.82, 2.24) is 0 Å². The quantitative estimate of drug-likeness (QED) is 0.590. The lowest BCUT2D eigenvalue weighted by molar-refractivity contribution is -0.214. The van der Waals surface area contributed by atoms with E-state index >= 15 is 0 Å². The third-order valence-corrected chi connectivity index (χ3v) is 5.62. The summed E-state index contributed by atoms with van der Waals surface area (Å²) in [5.41, 5.74) is -1.63. The Labute approximate surface area is 128 Å². The van der Waals surface area contributed by atoms with Crippen molar-refractivity contribution in [2.75, 3.05) is 20.3 Å². The molecule has 5 unspecified atom stereocenters. The van der Waals surface area contributed by atoms with E-state index in [9.17, 15) is 19.8 Å². The summed E-state index contributed by atoms with van der Waals surface area (Å²) in [4.78, 5) is 23.9. The number of hydrogen-bond acceptors (Lipinski definition) is 5. The summed E-state index contributed by atoms with van der Waals surface area (Å²) in [6.45, 7) is 3.67. The van der Waals surface area contributed by atoms with Crippen molar-refractivity contribution in [3.63, 3.8) is 0 Å². The fraction of sp³-hybridized carbons (Fsp3) is 0.625. The van der Waals surface area contributed by atoms with Crippen LogP contribution in [0.4, 0.5) is 0 Å².